The first-order valence-electron chi connectivity index (χ1n) is 9.13. The lowest BCUT2D eigenvalue weighted by molar-refractivity contribution is 0.0952. The fourth-order valence-electron chi connectivity index (χ4n) is 3.05. The molecule has 1 N–H and O–H groups in total. The number of nitrogens with one attached hydrogen (secondary N) is 1. The molecule has 1 aliphatic rings. The molecule has 1 atom stereocenters. The smallest absolute Gasteiger partial charge is 0.251 e. The number of ether oxygens (including phenoxy) is 3. The van der Waals surface area contributed by atoms with Crippen LogP contribution in [0.4, 0.5) is 0 Å². The van der Waals surface area contributed by atoms with Crippen LogP contribution in [0.5, 0.6) is 11.8 Å². The van der Waals surface area contributed by atoms with Crippen molar-refractivity contribution in [2.45, 2.75) is 19.3 Å². The summed E-state index contributed by atoms with van der Waals surface area (Å²) in [6.07, 6.45) is 3.16. The van der Waals surface area contributed by atoms with Gasteiger partial charge in [0.1, 0.15) is 0 Å². The summed E-state index contributed by atoms with van der Waals surface area (Å²) < 4.78 is 15.7. The summed E-state index contributed by atoms with van der Waals surface area (Å²) in [5, 5.41) is 2.98. The third-order valence-electron chi connectivity index (χ3n) is 4.58. The number of benzene rings is 1. The van der Waals surface area contributed by atoms with Gasteiger partial charge in [-0.05, 0) is 37.3 Å². The third-order valence-corrected chi connectivity index (χ3v) is 4.58. The molecule has 3 rings (SSSR count). The number of hydrogen-bond acceptors (Lipinski definition) is 6. The number of carbonyl (C=O) groups is 1. The predicted molar refractivity (Wildman–Crippen MR) is 101 cm³/mol. The van der Waals surface area contributed by atoms with Crippen LogP contribution >= 0.6 is 0 Å². The maximum Gasteiger partial charge on any atom is 0.251 e. The number of carbonyl (C=O) groups excluding carboxylic acids is 1. The highest BCUT2D eigenvalue weighted by Gasteiger charge is 2.15. The van der Waals surface area contributed by atoms with Gasteiger partial charge in [-0.15, -0.1) is 0 Å². The minimum Gasteiger partial charge on any atom is -0.481 e. The van der Waals surface area contributed by atoms with Crippen LogP contribution in [0.2, 0.25) is 0 Å². The van der Waals surface area contributed by atoms with Crippen LogP contribution in [0, 0.1) is 5.92 Å². The summed E-state index contributed by atoms with van der Waals surface area (Å²) in [6, 6.07) is 8.82. The summed E-state index contributed by atoms with van der Waals surface area (Å²) in [5.74, 6) is 1.78. The van der Waals surface area contributed by atoms with Crippen molar-refractivity contribution in [2.75, 3.05) is 34.0 Å². The van der Waals surface area contributed by atoms with Crippen molar-refractivity contribution in [2.24, 2.45) is 5.92 Å². The minimum atomic E-state index is -0.102. The molecule has 2 heterocycles. The molecule has 0 unspecified atom stereocenters. The minimum absolute atomic E-state index is 0.102. The molecule has 0 radical (unpaired) electrons. The van der Waals surface area contributed by atoms with E-state index in [0.29, 0.717) is 35.6 Å². The van der Waals surface area contributed by atoms with E-state index in [-0.39, 0.29) is 5.91 Å². The van der Waals surface area contributed by atoms with Gasteiger partial charge in [0.15, 0.2) is 5.82 Å². The van der Waals surface area contributed by atoms with Gasteiger partial charge >= 0.3 is 0 Å². The van der Waals surface area contributed by atoms with Gasteiger partial charge in [-0.2, -0.15) is 9.97 Å². The number of rotatable bonds is 8. The number of methoxy groups -OCH3 is 2. The molecule has 7 nitrogen and oxygen atoms in total. The Morgan fingerprint density at radius 2 is 2.00 bits per heavy atom. The van der Waals surface area contributed by atoms with Crippen LogP contribution in [-0.4, -0.2) is 49.9 Å². The largest absolute Gasteiger partial charge is 0.481 e. The van der Waals surface area contributed by atoms with E-state index in [4.69, 9.17) is 14.2 Å². The highest BCUT2D eigenvalue weighted by atomic mass is 16.5. The highest BCUT2D eigenvalue weighted by molar-refractivity contribution is 5.95. The summed E-state index contributed by atoms with van der Waals surface area (Å²) in [6.45, 7) is 2.37. The van der Waals surface area contributed by atoms with Crippen LogP contribution in [0.25, 0.3) is 11.4 Å². The van der Waals surface area contributed by atoms with E-state index in [2.05, 4.69) is 15.3 Å². The lowest BCUT2D eigenvalue weighted by Gasteiger charge is -2.10. The van der Waals surface area contributed by atoms with Gasteiger partial charge in [0.25, 0.3) is 5.91 Å². The second-order valence-electron chi connectivity index (χ2n) is 6.48. The van der Waals surface area contributed by atoms with Gasteiger partial charge in [-0.25, -0.2) is 0 Å². The van der Waals surface area contributed by atoms with E-state index in [1.165, 1.54) is 14.2 Å². The highest BCUT2D eigenvalue weighted by Crippen LogP contribution is 2.23. The van der Waals surface area contributed by atoms with Gasteiger partial charge in [0.2, 0.25) is 11.8 Å². The molecule has 1 saturated heterocycles. The average molecular weight is 371 g/mol. The van der Waals surface area contributed by atoms with E-state index >= 15 is 0 Å². The first-order chi connectivity index (χ1) is 13.2. The zero-order valence-electron chi connectivity index (χ0n) is 15.7. The standard InChI is InChI=1S/C20H25N3O4/c1-25-17-12-18(26-2)23-19(22-17)15-6-3-7-16(11-15)20(24)21-9-4-5-14-8-10-27-13-14/h3,6-7,11-12,14H,4-5,8-10,13H2,1-2H3,(H,21,24)/t14-/m0/s1. The molecular weight excluding hydrogens is 346 g/mol. The quantitative estimate of drug-likeness (QED) is 0.719. The molecule has 1 fully saturated rings. The molecule has 1 aromatic carbocycles. The van der Waals surface area contributed by atoms with Crippen molar-refractivity contribution < 1.29 is 19.0 Å². The van der Waals surface area contributed by atoms with Crippen LogP contribution in [-0.2, 0) is 4.74 Å². The van der Waals surface area contributed by atoms with Crippen molar-refractivity contribution in [3.8, 4) is 23.1 Å². The molecule has 1 aliphatic heterocycles. The zero-order valence-corrected chi connectivity index (χ0v) is 15.7. The molecule has 0 aliphatic carbocycles. The zero-order chi connectivity index (χ0) is 19.1. The topological polar surface area (TPSA) is 82.6 Å². The molecule has 2 aromatic rings. The molecule has 0 spiro atoms. The van der Waals surface area contributed by atoms with Crippen LogP contribution in [0.15, 0.2) is 30.3 Å². The summed E-state index contributed by atoms with van der Waals surface area (Å²) >= 11 is 0. The molecule has 1 amide bonds. The van der Waals surface area contributed by atoms with Gasteiger partial charge in [-0.1, -0.05) is 12.1 Å². The number of amides is 1. The molecule has 0 bridgehead atoms. The van der Waals surface area contributed by atoms with E-state index in [1.54, 1.807) is 18.2 Å². The maximum atomic E-state index is 12.4. The lowest BCUT2D eigenvalue weighted by atomic mass is 10.0. The second kappa shape index (κ2) is 9.32. The fraction of sp³-hybridized carbons (Fsp3) is 0.450. The van der Waals surface area contributed by atoms with E-state index in [0.717, 1.165) is 38.0 Å². The molecular formula is C20H25N3O4. The fourth-order valence-corrected chi connectivity index (χ4v) is 3.05. The molecule has 1 aromatic heterocycles. The number of aromatic nitrogens is 2. The Morgan fingerprint density at radius 3 is 2.67 bits per heavy atom. The van der Waals surface area contributed by atoms with Crippen molar-refractivity contribution in [3.05, 3.63) is 35.9 Å². The van der Waals surface area contributed by atoms with Gasteiger partial charge in [0.05, 0.1) is 20.3 Å². The summed E-state index contributed by atoms with van der Waals surface area (Å²) in [7, 11) is 3.07. The molecule has 144 valence electrons. The van der Waals surface area contributed by atoms with Crippen molar-refractivity contribution in [3.63, 3.8) is 0 Å². The Bertz CT molecular complexity index is 753. The Labute approximate surface area is 159 Å². The Hall–Kier alpha value is -2.67. The monoisotopic (exact) mass is 371 g/mol. The van der Waals surface area contributed by atoms with Crippen LogP contribution in [0.3, 0.4) is 0 Å². The first-order valence-corrected chi connectivity index (χ1v) is 9.13. The molecule has 27 heavy (non-hydrogen) atoms. The van der Waals surface area contributed by atoms with Gasteiger partial charge in [0, 0.05) is 30.9 Å². The van der Waals surface area contributed by atoms with Crippen LogP contribution < -0.4 is 14.8 Å². The summed E-state index contributed by atoms with van der Waals surface area (Å²) in [5.41, 5.74) is 1.30. The first kappa shape index (κ1) is 19.1. The normalized spacial score (nSPS) is 16.1. The van der Waals surface area contributed by atoms with Crippen molar-refractivity contribution >= 4 is 5.91 Å². The number of nitrogens with zero attached hydrogens (tertiary/aromatic N) is 2. The maximum absolute atomic E-state index is 12.4. The number of hydrogen-bond donors (Lipinski definition) is 1. The average Bonchev–Trinajstić information content (AvgIpc) is 3.24. The Balaban J connectivity index is 1.63. The summed E-state index contributed by atoms with van der Waals surface area (Å²) in [4.78, 5) is 21.1. The van der Waals surface area contributed by atoms with E-state index in [1.807, 2.05) is 12.1 Å². The second-order valence-corrected chi connectivity index (χ2v) is 6.48. The Kier molecular flexibility index (Phi) is 6.59. The SMILES string of the molecule is COc1cc(OC)nc(-c2cccc(C(=O)NCCC[C@H]3CCOC3)c2)n1. The van der Waals surface area contributed by atoms with Crippen molar-refractivity contribution in [1.82, 2.24) is 15.3 Å². The predicted octanol–water partition coefficient (Wildman–Crippen LogP) is 2.71. The van der Waals surface area contributed by atoms with Crippen LogP contribution in [0.1, 0.15) is 29.6 Å². The Morgan fingerprint density at radius 1 is 1.22 bits per heavy atom. The van der Waals surface area contributed by atoms with E-state index in [9.17, 15) is 4.79 Å². The van der Waals surface area contributed by atoms with E-state index < -0.39 is 0 Å². The lowest BCUT2D eigenvalue weighted by Crippen LogP contribution is -2.24. The van der Waals surface area contributed by atoms with Crippen molar-refractivity contribution in [1.29, 1.82) is 0 Å². The molecule has 0 saturated carbocycles. The van der Waals surface area contributed by atoms with Gasteiger partial charge < -0.3 is 19.5 Å². The molecule has 7 heteroatoms. The third kappa shape index (κ3) is 5.17. The van der Waals surface area contributed by atoms with Gasteiger partial charge in [-0.3, -0.25) is 4.79 Å².